The van der Waals surface area contributed by atoms with Crippen LogP contribution in [0.5, 0.6) is 0 Å². The fraction of sp³-hybridized carbons (Fsp3) is 0.667. The van der Waals surface area contributed by atoms with Gasteiger partial charge in [0.2, 0.25) is 0 Å². The van der Waals surface area contributed by atoms with Gasteiger partial charge in [-0.2, -0.15) is 5.10 Å². The third-order valence-corrected chi connectivity index (χ3v) is 1.92. The number of hydrogen-bond donors (Lipinski definition) is 2. The maximum atomic E-state index is 5.77. The molecule has 0 aliphatic rings. The predicted octanol–water partition coefficient (Wildman–Crippen LogP) is 0.722. The smallest absolute Gasteiger partial charge is 0.121 e. The summed E-state index contributed by atoms with van der Waals surface area (Å²) in [5.74, 6) is 0.690. The molecule has 13 heavy (non-hydrogen) atoms. The van der Waals surface area contributed by atoms with Gasteiger partial charge in [-0.3, -0.25) is 0 Å². The average molecular weight is 182 g/mol. The molecule has 1 aromatic heterocycles. The standard InChI is InChI=1S/C9H18N4/c1-9(2,3)7-6-8(11)13(12-7)5-4-10/h6H,4-5,10-11H2,1-3H3. The molecule has 0 bridgehead atoms. The topological polar surface area (TPSA) is 69.9 Å². The maximum Gasteiger partial charge on any atom is 0.121 e. The van der Waals surface area contributed by atoms with Gasteiger partial charge in [-0.05, 0) is 0 Å². The van der Waals surface area contributed by atoms with E-state index >= 15 is 0 Å². The van der Waals surface area contributed by atoms with Crippen LogP contribution in [-0.4, -0.2) is 16.3 Å². The van der Waals surface area contributed by atoms with Crippen molar-refractivity contribution < 1.29 is 0 Å². The first kappa shape index (κ1) is 10.1. The Morgan fingerprint density at radius 2 is 2.08 bits per heavy atom. The number of nitrogens with zero attached hydrogens (tertiary/aromatic N) is 2. The number of rotatable bonds is 2. The molecular formula is C9H18N4. The number of aromatic nitrogens is 2. The zero-order valence-corrected chi connectivity index (χ0v) is 8.54. The third-order valence-electron chi connectivity index (χ3n) is 1.92. The summed E-state index contributed by atoms with van der Waals surface area (Å²) in [7, 11) is 0. The fourth-order valence-electron chi connectivity index (χ4n) is 1.10. The van der Waals surface area contributed by atoms with Crippen molar-refractivity contribution in [3.05, 3.63) is 11.8 Å². The van der Waals surface area contributed by atoms with Crippen molar-refractivity contribution in [2.45, 2.75) is 32.7 Å². The Balaban J connectivity index is 2.95. The zero-order chi connectivity index (χ0) is 10.1. The number of anilines is 1. The summed E-state index contributed by atoms with van der Waals surface area (Å²) in [4.78, 5) is 0. The average Bonchev–Trinajstić information content (AvgIpc) is 2.32. The van der Waals surface area contributed by atoms with Gasteiger partial charge in [0.1, 0.15) is 5.82 Å². The molecule has 4 nitrogen and oxygen atoms in total. The molecule has 0 amide bonds. The Hall–Kier alpha value is -1.03. The maximum absolute atomic E-state index is 5.77. The summed E-state index contributed by atoms with van der Waals surface area (Å²) >= 11 is 0. The van der Waals surface area contributed by atoms with Crippen LogP contribution in [0.3, 0.4) is 0 Å². The molecule has 0 unspecified atom stereocenters. The van der Waals surface area contributed by atoms with Crippen molar-refractivity contribution in [1.82, 2.24) is 9.78 Å². The van der Waals surface area contributed by atoms with Crippen molar-refractivity contribution in [1.29, 1.82) is 0 Å². The molecule has 4 heteroatoms. The van der Waals surface area contributed by atoms with Gasteiger partial charge in [0.25, 0.3) is 0 Å². The molecule has 0 atom stereocenters. The summed E-state index contributed by atoms with van der Waals surface area (Å²) < 4.78 is 1.75. The van der Waals surface area contributed by atoms with Gasteiger partial charge < -0.3 is 11.5 Å². The highest BCUT2D eigenvalue weighted by atomic mass is 15.3. The largest absolute Gasteiger partial charge is 0.384 e. The van der Waals surface area contributed by atoms with E-state index in [0.717, 1.165) is 5.69 Å². The van der Waals surface area contributed by atoms with Crippen molar-refractivity contribution >= 4 is 5.82 Å². The van der Waals surface area contributed by atoms with Gasteiger partial charge in [0.05, 0.1) is 12.2 Å². The Kier molecular flexibility index (Phi) is 2.61. The second-order valence-corrected chi connectivity index (χ2v) is 4.22. The van der Waals surface area contributed by atoms with Crippen LogP contribution < -0.4 is 11.5 Å². The molecule has 0 aromatic carbocycles. The zero-order valence-electron chi connectivity index (χ0n) is 8.54. The molecule has 0 spiro atoms. The minimum absolute atomic E-state index is 0.0496. The van der Waals surface area contributed by atoms with E-state index in [9.17, 15) is 0 Å². The van der Waals surface area contributed by atoms with E-state index in [2.05, 4.69) is 25.9 Å². The Morgan fingerprint density at radius 3 is 2.46 bits per heavy atom. The van der Waals surface area contributed by atoms with Crippen LogP contribution in [0.15, 0.2) is 6.07 Å². The molecular weight excluding hydrogens is 164 g/mol. The van der Waals surface area contributed by atoms with Gasteiger partial charge >= 0.3 is 0 Å². The van der Waals surface area contributed by atoms with Gasteiger partial charge in [0.15, 0.2) is 0 Å². The number of nitrogen functional groups attached to an aromatic ring is 1. The normalized spacial score (nSPS) is 12.0. The van der Waals surface area contributed by atoms with Crippen molar-refractivity contribution in [3.63, 3.8) is 0 Å². The van der Waals surface area contributed by atoms with Gasteiger partial charge in [-0.15, -0.1) is 0 Å². The molecule has 74 valence electrons. The highest BCUT2D eigenvalue weighted by Crippen LogP contribution is 2.22. The quantitative estimate of drug-likeness (QED) is 0.708. The SMILES string of the molecule is CC(C)(C)c1cc(N)n(CCN)n1. The lowest BCUT2D eigenvalue weighted by Gasteiger charge is -2.13. The van der Waals surface area contributed by atoms with E-state index in [1.165, 1.54) is 0 Å². The summed E-state index contributed by atoms with van der Waals surface area (Å²) in [6.45, 7) is 7.59. The number of nitrogens with two attached hydrogens (primary N) is 2. The van der Waals surface area contributed by atoms with E-state index in [-0.39, 0.29) is 5.41 Å². The lowest BCUT2D eigenvalue weighted by molar-refractivity contribution is 0.536. The van der Waals surface area contributed by atoms with Gasteiger partial charge in [-0.25, -0.2) is 4.68 Å². The molecule has 1 rings (SSSR count). The van der Waals surface area contributed by atoms with Crippen LogP contribution in [0, 0.1) is 0 Å². The van der Waals surface area contributed by atoms with Crippen LogP contribution in [-0.2, 0) is 12.0 Å². The van der Waals surface area contributed by atoms with E-state index in [0.29, 0.717) is 18.9 Å². The van der Waals surface area contributed by atoms with E-state index in [1.54, 1.807) is 4.68 Å². The molecule has 0 saturated heterocycles. The summed E-state index contributed by atoms with van der Waals surface area (Å²) in [6, 6.07) is 1.91. The van der Waals surface area contributed by atoms with Crippen LogP contribution in [0.4, 0.5) is 5.82 Å². The number of hydrogen-bond acceptors (Lipinski definition) is 3. The van der Waals surface area contributed by atoms with Crippen LogP contribution in [0.2, 0.25) is 0 Å². The monoisotopic (exact) mass is 182 g/mol. The first-order valence-corrected chi connectivity index (χ1v) is 4.49. The fourth-order valence-corrected chi connectivity index (χ4v) is 1.10. The predicted molar refractivity (Wildman–Crippen MR) is 54.4 cm³/mol. The molecule has 0 aliphatic carbocycles. The van der Waals surface area contributed by atoms with Crippen molar-refractivity contribution in [2.24, 2.45) is 5.73 Å². The van der Waals surface area contributed by atoms with Gasteiger partial charge in [0, 0.05) is 18.0 Å². The minimum atomic E-state index is 0.0496. The molecule has 1 heterocycles. The van der Waals surface area contributed by atoms with Gasteiger partial charge in [-0.1, -0.05) is 20.8 Å². The summed E-state index contributed by atoms with van der Waals surface area (Å²) in [5.41, 5.74) is 12.3. The Bertz CT molecular complexity index is 282. The second kappa shape index (κ2) is 3.38. The highest BCUT2D eigenvalue weighted by Gasteiger charge is 2.18. The van der Waals surface area contributed by atoms with Crippen molar-refractivity contribution in [2.75, 3.05) is 12.3 Å². The Morgan fingerprint density at radius 1 is 1.46 bits per heavy atom. The first-order chi connectivity index (χ1) is 5.95. The second-order valence-electron chi connectivity index (χ2n) is 4.22. The molecule has 0 radical (unpaired) electrons. The lowest BCUT2D eigenvalue weighted by Crippen LogP contribution is -2.16. The Labute approximate surface area is 78.9 Å². The lowest BCUT2D eigenvalue weighted by atomic mass is 9.92. The summed E-state index contributed by atoms with van der Waals surface area (Å²) in [5, 5.41) is 4.38. The molecule has 0 saturated carbocycles. The highest BCUT2D eigenvalue weighted by molar-refractivity contribution is 5.33. The van der Waals surface area contributed by atoms with E-state index in [4.69, 9.17) is 11.5 Å². The van der Waals surface area contributed by atoms with Crippen LogP contribution >= 0.6 is 0 Å². The minimum Gasteiger partial charge on any atom is -0.384 e. The molecule has 0 aliphatic heterocycles. The van der Waals surface area contributed by atoms with Crippen LogP contribution in [0.1, 0.15) is 26.5 Å². The molecule has 0 fully saturated rings. The van der Waals surface area contributed by atoms with Crippen molar-refractivity contribution in [3.8, 4) is 0 Å². The molecule has 1 aromatic rings. The van der Waals surface area contributed by atoms with E-state index in [1.807, 2.05) is 6.07 Å². The first-order valence-electron chi connectivity index (χ1n) is 4.49. The summed E-state index contributed by atoms with van der Waals surface area (Å²) in [6.07, 6.45) is 0. The van der Waals surface area contributed by atoms with Crippen LogP contribution in [0.25, 0.3) is 0 Å². The van der Waals surface area contributed by atoms with E-state index < -0.39 is 0 Å². The molecule has 4 N–H and O–H groups in total. The third kappa shape index (κ3) is 2.21.